The highest BCUT2D eigenvalue weighted by atomic mass is 35.5. The van der Waals surface area contributed by atoms with Gasteiger partial charge < -0.3 is 14.2 Å². The molecule has 30 heavy (non-hydrogen) atoms. The quantitative estimate of drug-likeness (QED) is 0.440. The molecule has 6 nitrogen and oxygen atoms in total. The molecule has 8 atom stereocenters. The summed E-state index contributed by atoms with van der Waals surface area (Å²) in [6, 6.07) is 4.90. The zero-order chi connectivity index (χ0) is 21.3. The van der Waals surface area contributed by atoms with E-state index >= 15 is 0 Å². The van der Waals surface area contributed by atoms with E-state index in [0.29, 0.717) is 5.92 Å². The number of carbonyl (C=O) groups excluding carboxylic acids is 1. The van der Waals surface area contributed by atoms with Crippen LogP contribution in [-0.4, -0.2) is 29.9 Å². The van der Waals surface area contributed by atoms with Crippen LogP contribution in [0.25, 0.3) is 0 Å². The second kappa shape index (κ2) is 7.32. The Morgan fingerprint density at radius 3 is 2.57 bits per heavy atom. The number of hydrogen-bond acceptors (Lipinski definition) is 6. The normalized spacial score (nSPS) is 44.8. The van der Waals surface area contributed by atoms with E-state index in [1.54, 1.807) is 18.2 Å². The van der Waals surface area contributed by atoms with E-state index in [9.17, 15) is 4.79 Å². The lowest BCUT2D eigenvalue weighted by Gasteiger charge is -2.59. The Kier molecular flexibility index (Phi) is 5.12. The van der Waals surface area contributed by atoms with Gasteiger partial charge in [0.1, 0.15) is 0 Å². The van der Waals surface area contributed by atoms with Gasteiger partial charge in [-0.3, -0.25) is 0 Å². The summed E-state index contributed by atoms with van der Waals surface area (Å²) in [7, 11) is 0. The van der Waals surface area contributed by atoms with Crippen molar-refractivity contribution in [1.82, 2.24) is 0 Å². The molecular weight excluding hydrogens is 431 g/mol. The van der Waals surface area contributed by atoms with E-state index in [1.165, 1.54) is 0 Å². The van der Waals surface area contributed by atoms with Crippen LogP contribution in [0, 0.1) is 23.7 Å². The van der Waals surface area contributed by atoms with Crippen molar-refractivity contribution in [3.8, 4) is 0 Å². The molecule has 8 heteroatoms. The SMILES string of the molecule is C[C@@H]1[C@H](OC(=O)c2c(Cl)cccc2Cl)O[C@@H]2O[C@@]3(C)CC[C@@H]4[C@H](C)CC[C@H]1[C@@]24OO3. The minimum atomic E-state index is -0.876. The molecule has 0 aromatic heterocycles. The molecule has 164 valence electrons. The van der Waals surface area contributed by atoms with Gasteiger partial charge in [-0.25, -0.2) is 14.6 Å². The maximum Gasteiger partial charge on any atom is 0.343 e. The van der Waals surface area contributed by atoms with Crippen LogP contribution in [0.1, 0.15) is 56.8 Å². The van der Waals surface area contributed by atoms with Crippen molar-refractivity contribution >= 4 is 29.2 Å². The van der Waals surface area contributed by atoms with E-state index in [-0.39, 0.29) is 33.4 Å². The first-order valence-electron chi connectivity index (χ1n) is 10.6. The van der Waals surface area contributed by atoms with Gasteiger partial charge >= 0.3 is 5.97 Å². The molecule has 0 radical (unpaired) electrons. The lowest BCUT2D eigenvalue weighted by molar-refractivity contribution is -0.576. The van der Waals surface area contributed by atoms with E-state index in [1.807, 2.05) is 13.8 Å². The largest absolute Gasteiger partial charge is 0.432 e. The molecule has 4 aliphatic heterocycles. The average Bonchev–Trinajstić information content (AvgIpc) is 2.92. The molecule has 6 rings (SSSR count). The van der Waals surface area contributed by atoms with Crippen molar-refractivity contribution in [3.63, 3.8) is 0 Å². The molecule has 1 spiro atoms. The van der Waals surface area contributed by atoms with E-state index < -0.39 is 29.9 Å². The molecule has 1 aromatic rings. The molecule has 4 heterocycles. The lowest BCUT2D eigenvalue weighted by atomic mass is 9.58. The van der Waals surface area contributed by atoms with Gasteiger partial charge in [-0.05, 0) is 50.2 Å². The highest BCUT2D eigenvalue weighted by Gasteiger charge is 2.69. The van der Waals surface area contributed by atoms with Crippen LogP contribution < -0.4 is 0 Å². The predicted molar refractivity (Wildman–Crippen MR) is 109 cm³/mol. The highest BCUT2D eigenvalue weighted by molar-refractivity contribution is 6.39. The second-order valence-corrected chi connectivity index (χ2v) is 10.1. The van der Waals surface area contributed by atoms with Crippen LogP contribution in [0.5, 0.6) is 0 Å². The maximum atomic E-state index is 12.9. The average molecular weight is 457 g/mol. The molecule has 4 saturated heterocycles. The zero-order valence-corrected chi connectivity index (χ0v) is 18.7. The summed E-state index contributed by atoms with van der Waals surface area (Å²) < 4.78 is 18.3. The molecule has 5 fully saturated rings. The van der Waals surface area contributed by atoms with Crippen LogP contribution in [0.2, 0.25) is 10.0 Å². The third kappa shape index (κ3) is 3.03. The first kappa shape index (κ1) is 21.0. The number of fused-ring (bicyclic) bond motifs is 2. The fourth-order valence-electron chi connectivity index (χ4n) is 5.86. The van der Waals surface area contributed by atoms with Crippen LogP contribution in [0.4, 0.5) is 0 Å². The van der Waals surface area contributed by atoms with Gasteiger partial charge in [-0.15, -0.1) is 0 Å². The van der Waals surface area contributed by atoms with Crippen LogP contribution in [-0.2, 0) is 24.0 Å². The van der Waals surface area contributed by atoms with Crippen molar-refractivity contribution in [1.29, 1.82) is 0 Å². The first-order valence-corrected chi connectivity index (χ1v) is 11.4. The number of halogens is 2. The molecule has 2 bridgehead atoms. The molecule has 1 aliphatic carbocycles. The fraction of sp³-hybridized carbons (Fsp3) is 0.682. The van der Waals surface area contributed by atoms with Gasteiger partial charge in [0.2, 0.25) is 12.1 Å². The zero-order valence-electron chi connectivity index (χ0n) is 17.2. The van der Waals surface area contributed by atoms with E-state index in [4.69, 9.17) is 47.2 Å². The Hall–Kier alpha value is -0.890. The molecule has 1 aromatic carbocycles. The predicted octanol–water partition coefficient (Wildman–Crippen LogP) is 5.36. The first-order chi connectivity index (χ1) is 14.2. The molecular formula is C22H26Cl2O6. The van der Waals surface area contributed by atoms with Crippen molar-refractivity contribution in [2.75, 3.05) is 0 Å². The number of rotatable bonds is 2. The fourth-order valence-corrected chi connectivity index (χ4v) is 6.42. The minimum absolute atomic E-state index is 0.0691. The standard InChI is InChI=1S/C22H26Cl2O6/c1-11-7-8-14-12(2)19(26-18(25)17-15(23)5-4-6-16(17)24)27-20-22(14)13(11)9-10-21(3,28-20)29-30-22/h4-6,11-14,19-20H,7-10H2,1-3H3/t11-,12+,13-,14-,19-,20-,21-,22-/m1/s1. The van der Waals surface area contributed by atoms with E-state index in [2.05, 4.69) is 6.92 Å². The minimum Gasteiger partial charge on any atom is -0.432 e. The van der Waals surface area contributed by atoms with Crippen LogP contribution in [0.3, 0.4) is 0 Å². The maximum absolute atomic E-state index is 12.9. The number of benzene rings is 1. The number of esters is 1. The summed E-state index contributed by atoms with van der Waals surface area (Å²) in [5, 5.41) is 0.487. The Bertz CT molecular complexity index is 844. The molecule has 1 saturated carbocycles. The number of ether oxygens (including phenoxy) is 3. The number of carbonyl (C=O) groups is 1. The van der Waals surface area contributed by atoms with Crippen LogP contribution in [0.15, 0.2) is 18.2 Å². The second-order valence-electron chi connectivity index (χ2n) is 9.28. The van der Waals surface area contributed by atoms with Gasteiger partial charge in [0, 0.05) is 18.3 Å². The van der Waals surface area contributed by atoms with Gasteiger partial charge in [0.25, 0.3) is 0 Å². The summed E-state index contributed by atoms with van der Waals surface area (Å²) in [6.07, 6.45) is 2.19. The van der Waals surface area contributed by atoms with Crippen molar-refractivity contribution in [2.24, 2.45) is 23.7 Å². The Morgan fingerprint density at radius 1 is 1.10 bits per heavy atom. The van der Waals surface area contributed by atoms with Gasteiger partial charge in [-0.2, -0.15) is 0 Å². The summed E-state index contributed by atoms with van der Waals surface area (Å²) in [5.74, 6) is -0.813. The summed E-state index contributed by atoms with van der Waals surface area (Å²) in [6.45, 7) is 6.15. The summed E-state index contributed by atoms with van der Waals surface area (Å²) in [4.78, 5) is 24.8. The monoisotopic (exact) mass is 456 g/mol. The van der Waals surface area contributed by atoms with Crippen molar-refractivity contribution in [3.05, 3.63) is 33.8 Å². The Morgan fingerprint density at radius 2 is 1.83 bits per heavy atom. The molecule has 5 aliphatic rings. The number of hydrogen-bond donors (Lipinski definition) is 0. The van der Waals surface area contributed by atoms with E-state index in [0.717, 1.165) is 25.7 Å². The van der Waals surface area contributed by atoms with Crippen molar-refractivity contribution in [2.45, 2.75) is 70.4 Å². The lowest BCUT2D eigenvalue weighted by Crippen LogP contribution is -2.70. The Balaban J connectivity index is 1.46. The summed E-state index contributed by atoms with van der Waals surface area (Å²) in [5.41, 5.74) is -0.556. The van der Waals surface area contributed by atoms with Gasteiger partial charge in [-0.1, -0.05) is 43.1 Å². The summed E-state index contributed by atoms with van der Waals surface area (Å²) >= 11 is 12.4. The Labute approximate surface area is 186 Å². The van der Waals surface area contributed by atoms with Crippen molar-refractivity contribution < 1.29 is 28.8 Å². The molecule has 0 amide bonds. The third-order valence-electron chi connectivity index (χ3n) is 7.49. The van der Waals surface area contributed by atoms with Gasteiger partial charge in [0.05, 0.1) is 15.6 Å². The third-order valence-corrected chi connectivity index (χ3v) is 8.12. The molecule has 0 unspecified atom stereocenters. The molecule has 0 N–H and O–H groups in total. The van der Waals surface area contributed by atoms with Gasteiger partial charge in [0.15, 0.2) is 11.9 Å². The highest BCUT2D eigenvalue weighted by Crippen LogP contribution is 2.60. The smallest absolute Gasteiger partial charge is 0.343 e. The topological polar surface area (TPSA) is 63.2 Å². The van der Waals surface area contributed by atoms with Crippen LogP contribution >= 0.6 is 23.2 Å².